The van der Waals surface area contributed by atoms with E-state index in [2.05, 4.69) is 5.32 Å². The molecule has 1 atom stereocenters. The number of sulfonamides is 1. The molecule has 0 radical (unpaired) electrons. The molecule has 4 aromatic carbocycles. The van der Waals surface area contributed by atoms with Gasteiger partial charge >= 0.3 is 0 Å². The number of rotatable bonds is 14. The third kappa shape index (κ3) is 8.23. The van der Waals surface area contributed by atoms with E-state index in [1.54, 1.807) is 6.92 Å². The molecule has 0 spiro atoms. The Hall–Kier alpha value is -4.70. The van der Waals surface area contributed by atoms with Gasteiger partial charge in [-0.1, -0.05) is 60.7 Å². The zero-order valence-corrected chi connectivity index (χ0v) is 25.5. The number of nitrogens with zero attached hydrogens (tertiary/aromatic N) is 2. The summed E-state index contributed by atoms with van der Waals surface area (Å²) in [5.41, 5.74) is 1.71. The summed E-state index contributed by atoms with van der Waals surface area (Å²) in [6.07, 6.45) is 0.216. The fraction of sp³-hybridized carbons (Fsp3) is 0.235. The molecule has 0 aromatic heterocycles. The van der Waals surface area contributed by atoms with Crippen molar-refractivity contribution in [2.75, 3.05) is 24.0 Å². The highest BCUT2D eigenvalue weighted by Gasteiger charge is 2.34. The van der Waals surface area contributed by atoms with Crippen LogP contribution in [0.2, 0.25) is 0 Å². The number of amides is 2. The van der Waals surface area contributed by atoms with Crippen molar-refractivity contribution in [1.82, 2.24) is 10.2 Å². The molecule has 0 saturated heterocycles. The van der Waals surface area contributed by atoms with Crippen LogP contribution in [0.4, 0.5) is 10.1 Å². The second-order valence-electron chi connectivity index (χ2n) is 10.00. The molecule has 0 aliphatic carbocycles. The minimum Gasteiger partial charge on any atom is -0.494 e. The van der Waals surface area contributed by atoms with E-state index < -0.39 is 34.3 Å². The maximum atomic E-state index is 14.3. The third-order valence-electron chi connectivity index (χ3n) is 6.93. The van der Waals surface area contributed by atoms with Gasteiger partial charge in [0.15, 0.2) is 0 Å². The van der Waals surface area contributed by atoms with E-state index in [1.165, 1.54) is 41.3 Å². The predicted molar refractivity (Wildman–Crippen MR) is 168 cm³/mol. The number of anilines is 1. The maximum Gasteiger partial charge on any atom is 0.264 e. The molecule has 1 N–H and O–H groups in total. The van der Waals surface area contributed by atoms with Crippen molar-refractivity contribution in [3.05, 3.63) is 126 Å². The van der Waals surface area contributed by atoms with Crippen molar-refractivity contribution in [2.45, 2.75) is 37.8 Å². The summed E-state index contributed by atoms with van der Waals surface area (Å²) in [6, 6.07) is 28.3. The first kappa shape index (κ1) is 32.2. The first-order valence-electron chi connectivity index (χ1n) is 14.4. The quantitative estimate of drug-likeness (QED) is 0.210. The number of halogens is 1. The molecule has 4 rings (SSSR count). The Morgan fingerprint density at radius 2 is 1.41 bits per heavy atom. The van der Waals surface area contributed by atoms with Gasteiger partial charge < -0.3 is 15.0 Å². The first-order chi connectivity index (χ1) is 21.2. The van der Waals surface area contributed by atoms with E-state index in [4.69, 9.17) is 4.74 Å². The van der Waals surface area contributed by atoms with Crippen LogP contribution >= 0.6 is 0 Å². The highest BCUT2D eigenvalue weighted by Crippen LogP contribution is 2.26. The van der Waals surface area contributed by atoms with Crippen molar-refractivity contribution in [1.29, 1.82) is 0 Å². The summed E-state index contributed by atoms with van der Waals surface area (Å²) < 4.78 is 48.4. The Labute approximate surface area is 258 Å². The Bertz CT molecular complexity index is 1620. The van der Waals surface area contributed by atoms with Crippen LogP contribution in [0, 0.1) is 5.82 Å². The van der Waals surface area contributed by atoms with E-state index in [9.17, 15) is 22.4 Å². The topological polar surface area (TPSA) is 96.0 Å². The highest BCUT2D eigenvalue weighted by atomic mass is 32.2. The van der Waals surface area contributed by atoms with Crippen LogP contribution in [0.1, 0.15) is 25.0 Å². The Kier molecular flexibility index (Phi) is 11.1. The first-order valence-corrected chi connectivity index (χ1v) is 15.8. The number of hydrogen-bond acceptors (Lipinski definition) is 5. The maximum absolute atomic E-state index is 14.3. The molecular formula is C34H36FN3O5S. The average molecular weight is 618 g/mol. The molecule has 4 aromatic rings. The lowest BCUT2D eigenvalue weighted by Crippen LogP contribution is -2.53. The van der Waals surface area contributed by atoms with Crippen LogP contribution in [0.25, 0.3) is 0 Å². The van der Waals surface area contributed by atoms with Gasteiger partial charge in [0.1, 0.15) is 24.2 Å². The minimum atomic E-state index is -4.31. The number of likely N-dealkylation sites (N-methyl/N-ethyl adjacent to an activating group) is 1. The van der Waals surface area contributed by atoms with E-state index in [0.29, 0.717) is 18.9 Å². The lowest BCUT2D eigenvalue weighted by molar-refractivity contribution is -0.140. The molecule has 0 fully saturated rings. The van der Waals surface area contributed by atoms with E-state index in [0.717, 1.165) is 27.6 Å². The molecule has 8 nitrogen and oxygen atoms in total. The molecule has 0 heterocycles. The molecule has 0 saturated carbocycles. The second-order valence-corrected chi connectivity index (χ2v) is 11.9. The lowest BCUT2D eigenvalue weighted by Gasteiger charge is -2.33. The molecule has 0 unspecified atom stereocenters. The van der Waals surface area contributed by atoms with Crippen LogP contribution in [0.3, 0.4) is 0 Å². The third-order valence-corrected chi connectivity index (χ3v) is 8.72. The zero-order chi connectivity index (χ0) is 31.5. The van der Waals surface area contributed by atoms with Crippen LogP contribution in [0.15, 0.2) is 114 Å². The summed E-state index contributed by atoms with van der Waals surface area (Å²) in [5, 5.41) is 2.83. The average Bonchev–Trinajstić information content (AvgIpc) is 3.03. The van der Waals surface area contributed by atoms with Crippen LogP contribution in [-0.4, -0.2) is 50.9 Å². The number of carbonyl (C=O) groups is 2. The molecule has 44 heavy (non-hydrogen) atoms. The summed E-state index contributed by atoms with van der Waals surface area (Å²) in [6.45, 7) is 3.81. The largest absolute Gasteiger partial charge is 0.494 e. The molecule has 10 heteroatoms. The van der Waals surface area contributed by atoms with Crippen molar-refractivity contribution >= 4 is 27.5 Å². The van der Waals surface area contributed by atoms with Crippen LogP contribution in [-0.2, 0) is 32.6 Å². The number of benzene rings is 4. The standard InChI is InChI=1S/C34H36FN3O5S/c1-3-36-34(40)32(23-26-11-7-5-8-12-26)37(24-27-13-9-6-10-14-27)33(39)25-38(29-17-15-28(35)16-18-29)44(41,42)31-21-19-30(20-22-31)43-4-2/h5-22,32H,3-4,23-25H2,1-2H3,(H,36,40)/t32-/m1/s1. The number of hydrogen-bond donors (Lipinski definition) is 1. The predicted octanol–water partition coefficient (Wildman–Crippen LogP) is 5.20. The molecule has 0 bridgehead atoms. The Morgan fingerprint density at radius 1 is 0.818 bits per heavy atom. The smallest absolute Gasteiger partial charge is 0.264 e. The van der Waals surface area contributed by atoms with Gasteiger partial charge in [-0.25, -0.2) is 12.8 Å². The van der Waals surface area contributed by atoms with Gasteiger partial charge in [-0.15, -0.1) is 0 Å². The molecule has 2 amide bonds. The van der Waals surface area contributed by atoms with Gasteiger partial charge in [0, 0.05) is 19.5 Å². The molecule has 0 aliphatic rings. The normalized spacial score (nSPS) is 11.8. The van der Waals surface area contributed by atoms with Gasteiger partial charge in [-0.3, -0.25) is 13.9 Å². The summed E-state index contributed by atoms with van der Waals surface area (Å²) >= 11 is 0. The Balaban J connectivity index is 1.76. The van der Waals surface area contributed by atoms with Crippen LogP contribution < -0.4 is 14.4 Å². The van der Waals surface area contributed by atoms with Gasteiger partial charge in [0.2, 0.25) is 11.8 Å². The monoisotopic (exact) mass is 617 g/mol. The summed E-state index contributed by atoms with van der Waals surface area (Å²) in [4.78, 5) is 29.1. The number of carbonyl (C=O) groups excluding carboxylic acids is 2. The zero-order valence-electron chi connectivity index (χ0n) is 24.7. The SMILES string of the molecule is CCNC(=O)[C@@H](Cc1ccccc1)N(Cc1ccccc1)C(=O)CN(c1ccc(F)cc1)S(=O)(=O)c1ccc(OCC)cc1. The van der Waals surface area contributed by atoms with E-state index in [1.807, 2.05) is 67.6 Å². The molecular weight excluding hydrogens is 581 g/mol. The van der Waals surface area contributed by atoms with E-state index >= 15 is 0 Å². The van der Waals surface area contributed by atoms with Crippen LogP contribution in [0.5, 0.6) is 5.75 Å². The number of nitrogens with one attached hydrogen (secondary N) is 1. The van der Waals surface area contributed by atoms with Crippen molar-refractivity contribution < 1.29 is 27.1 Å². The summed E-state index contributed by atoms with van der Waals surface area (Å²) in [7, 11) is -4.31. The van der Waals surface area contributed by atoms with Gasteiger partial charge in [-0.2, -0.15) is 0 Å². The Morgan fingerprint density at radius 3 is 1.98 bits per heavy atom. The fourth-order valence-electron chi connectivity index (χ4n) is 4.76. The lowest BCUT2D eigenvalue weighted by atomic mass is 10.0. The number of ether oxygens (including phenoxy) is 1. The highest BCUT2D eigenvalue weighted by molar-refractivity contribution is 7.92. The van der Waals surface area contributed by atoms with Gasteiger partial charge in [-0.05, 0) is 73.5 Å². The summed E-state index contributed by atoms with van der Waals surface area (Å²) in [5.74, 6) is -1.01. The molecule has 0 aliphatic heterocycles. The second kappa shape index (κ2) is 15.2. The van der Waals surface area contributed by atoms with Gasteiger partial charge in [0.05, 0.1) is 17.2 Å². The van der Waals surface area contributed by atoms with Crippen molar-refractivity contribution in [2.24, 2.45) is 0 Å². The van der Waals surface area contributed by atoms with Crippen molar-refractivity contribution in [3.63, 3.8) is 0 Å². The van der Waals surface area contributed by atoms with Crippen molar-refractivity contribution in [3.8, 4) is 5.75 Å². The van der Waals surface area contributed by atoms with Gasteiger partial charge in [0.25, 0.3) is 10.0 Å². The molecule has 230 valence electrons. The minimum absolute atomic E-state index is 0.0642. The van der Waals surface area contributed by atoms with E-state index in [-0.39, 0.29) is 29.5 Å². The fourth-order valence-corrected chi connectivity index (χ4v) is 6.18.